The zero-order chi connectivity index (χ0) is 11.9. The van der Waals surface area contributed by atoms with E-state index in [4.69, 9.17) is 0 Å². The van der Waals surface area contributed by atoms with Crippen LogP contribution in [0.1, 0.15) is 0 Å². The summed E-state index contributed by atoms with van der Waals surface area (Å²) in [5.41, 5.74) is 0. The van der Waals surface area contributed by atoms with Crippen LogP contribution in [-0.4, -0.2) is 44.6 Å². The molecule has 0 fully saturated rings. The van der Waals surface area contributed by atoms with Crippen molar-refractivity contribution in [2.75, 3.05) is 31.3 Å². The zero-order valence-corrected chi connectivity index (χ0v) is 11.4. The van der Waals surface area contributed by atoms with Gasteiger partial charge in [-0.15, -0.1) is 0 Å². The first-order chi connectivity index (χ1) is 6.77. The van der Waals surface area contributed by atoms with Crippen molar-refractivity contribution in [1.82, 2.24) is 10.2 Å². The summed E-state index contributed by atoms with van der Waals surface area (Å²) in [6, 6.07) is 0. The number of rotatable bonds is 8. The lowest BCUT2D eigenvalue weighted by molar-refractivity contribution is 0.322. The summed E-state index contributed by atoms with van der Waals surface area (Å²) in [7, 11) is -7.09. The van der Waals surface area contributed by atoms with Crippen molar-refractivity contribution in [2.24, 2.45) is 0 Å². The Morgan fingerprint density at radius 1 is 1.40 bits per heavy atom. The van der Waals surface area contributed by atoms with Gasteiger partial charge < -0.3 is 4.89 Å². The molecule has 0 aliphatic heterocycles. The Morgan fingerprint density at radius 2 is 1.93 bits per heavy atom. The van der Waals surface area contributed by atoms with Gasteiger partial charge >= 0.3 is 7.67 Å². The van der Waals surface area contributed by atoms with Gasteiger partial charge in [0.05, 0.1) is 12.9 Å². The lowest BCUT2D eigenvalue weighted by Crippen LogP contribution is -2.26. The van der Waals surface area contributed by atoms with E-state index in [1.54, 1.807) is 0 Å². The van der Waals surface area contributed by atoms with Gasteiger partial charge in [0.1, 0.15) is 0 Å². The Balaban J connectivity index is 3.71. The summed E-state index contributed by atoms with van der Waals surface area (Å²) in [6.45, 7) is 0.114. The Labute approximate surface area is 97.4 Å². The number of hydrogen-bond acceptors (Lipinski definition) is 4. The molecule has 0 bridgehead atoms. The highest BCUT2D eigenvalue weighted by Gasteiger charge is 2.15. The van der Waals surface area contributed by atoms with Gasteiger partial charge in [0.2, 0.25) is 0 Å². The molecular formula is C5H14BrN2O5PS. The van der Waals surface area contributed by atoms with Gasteiger partial charge in [0.25, 0.3) is 10.1 Å². The number of nitrogens with one attached hydrogen (secondary N) is 2. The van der Waals surface area contributed by atoms with E-state index in [2.05, 4.69) is 30.3 Å². The van der Waals surface area contributed by atoms with Crippen molar-refractivity contribution in [3.05, 3.63) is 0 Å². The Kier molecular flexibility index (Phi) is 7.18. The van der Waals surface area contributed by atoms with Gasteiger partial charge in [-0.3, -0.25) is 8.75 Å². The first kappa shape index (κ1) is 15.5. The van der Waals surface area contributed by atoms with Crippen LogP contribution < -0.4 is 10.2 Å². The molecule has 10 heteroatoms. The molecule has 1 atom stereocenters. The monoisotopic (exact) mass is 324 g/mol. The largest absolute Gasteiger partial charge is 0.338 e. The van der Waals surface area contributed by atoms with Crippen molar-refractivity contribution in [1.29, 1.82) is 0 Å². The molecule has 0 aromatic carbocycles. The fourth-order valence-corrected chi connectivity index (χ4v) is 2.45. The number of hydrogen-bond donors (Lipinski definition) is 3. The minimum atomic E-state index is -3.60. The minimum absolute atomic E-state index is 0.0316. The van der Waals surface area contributed by atoms with Gasteiger partial charge in [-0.25, -0.2) is 10.2 Å². The molecule has 92 valence electrons. The summed E-state index contributed by atoms with van der Waals surface area (Å²) >= 11 is 3.08. The Hall–Kier alpha value is 0.500. The smallest absolute Gasteiger partial charge is 0.322 e. The van der Waals surface area contributed by atoms with Crippen LogP contribution in [-0.2, 0) is 18.9 Å². The third-order valence-corrected chi connectivity index (χ3v) is 3.44. The molecule has 7 nitrogen and oxygen atoms in total. The van der Waals surface area contributed by atoms with Gasteiger partial charge in [-0.2, -0.15) is 8.42 Å². The summed E-state index contributed by atoms with van der Waals surface area (Å²) in [5, 5.41) is 5.15. The second-order valence-electron chi connectivity index (χ2n) is 2.61. The molecule has 0 aliphatic carbocycles. The van der Waals surface area contributed by atoms with Crippen LogP contribution in [0.2, 0.25) is 0 Å². The summed E-state index contributed by atoms with van der Waals surface area (Å²) in [5.74, 6) is 0. The van der Waals surface area contributed by atoms with Crippen LogP contribution in [0.15, 0.2) is 0 Å². The Morgan fingerprint density at radius 3 is 2.40 bits per heavy atom. The average Bonchev–Trinajstić information content (AvgIpc) is 2.08. The van der Waals surface area contributed by atoms with Gasteiger partial charge in [-0.1, -0.05) is 15.9 Å². The third-order valence-electron chi connectivity index (χ3n) is 1.15. The standard InChI is InChI=1S/C5H14BrN2O5PS/c1-15(11,12)13-5-4-8-14(9,10)7-3-2-6/h2-5H2,1H3,(H3,7,8,9,10). The second-order valence-corrected chi connectivity index (χ2v) is 6.83. The molecule has 0 saturated heterocycles. The molecule has 3 N–H and O–H groups in total. The molecule has 0 spiro atoms. The Bertz CT molecular complexity index is 321. The fourth-order valence-electron chi connectivity index (χ4n) is 0.640. The van der Waals surface area contributed by atoms with Gasteiger partial charge in [-0.05, 0) is 0 Å². The molecular weight excluding hydrogens is 311 g/mol. The molecule has 0 aromatic heterocycles. The second kappa shape index (κ2) is 6.95. The van der Waals surface area contributed by atoms with Crippen LogP contribution in [0, 0.1) is 0 Å². The van der Waals surface area contributed by atoms with E-state index in [1.165, 1.54) is 0 Å². The maximum Gasteiger partial charge on any atom is 0.338 e. The van der Waals surface area contributed by atoms with E-state index in [0.717, 1.165) is 6.26 Å². The first-order valence-electron chi connectivity index (χ1n) is 4.00. The van der Waals surface area contributed by atoms with Crippen molar-refractivity contribution < 1.29 is 22.1 Å². The summed E-state index contributed by atoms with van der Waals surface area (Å²) in [6.07, 6.45) is 0.911. The molecule has 0 rings (SSSR count). The lowest BCUT2D eigenvalue weighted by Gasteiger charge is -2.13. The number of halogens is 1. The van der Waals surface area contributed by atoms with Crippen molar-refractivity contribution in [3.63, 3.8) is 0 Å². The highest BCUT2D eigenvalue weighted by atomic mass is 79.9. The maximum absolute atomic E-state index is 11.2. The van der Waals surface area contributed by atoms with Gasteiger partial charge in [0.15, 0.2) is 0 Å². The maximum atomic E-state index is 11.2. The molecule has 0 aliphatic rings. The van der Waals surface area contributed by atoms with E-state index >= 15 is 0 Å². The van der Waals surface area contributed by atoms with Crippen LogP contribution >= 0.6 is 23.6 Å². The summed E-state index contributed by atoms with van der Waals surface area (Å²) < 4.78 is 36.6. The molecule has 1 unspecified atom stereocenters. The summed E-state index contributed by atoms with van der Waals surface area (Å²) in [4.78, 5) is 9.18. The third kappa shape index (κ3) is 10.8. The lowest BCUT2D eigenvalue weighted by atomic mass is 10.8. The normalized spacial score (nSPS) is 16.2. The highest BCUT2D eigenvalue weighted by molar-refractivity contribution is 9.09. The number of alkyl halides is 1. The predicted molar refractivity (Wildman–Crippen MR) is 60.4 cm³/mol. The molecule has 15 heavy (non-hydrogen) atoms. The van der Waals surface area contributed by atoms with Gasteiger partial charge in [0, 0.05) is 18.4 Å². The van der Waals surface area contributed by atoms with Crippen molar-refractivity contribution in [2.45, 2.75) is 0 Å². The molecule has 0 aromatic rings. The molecule has 0 radical (unpaired) electrons. The van der Waals surface area contributed by atoms with Crippen molar-refractivity contribution in [3.8, 4) is 0 Å². The zero-order valence-electron chi connectivity index (χ0n) is 8.14. The van der Waals surface area contributed by atoms with E-state index in [-0.39, 0.29) is 13.2 Å². The van der Waals surface area contributed by atoms with Crippen LogP contribution in [0.3, 0.4) is 0 Å². The fraction of sp³-hybridized carbons (Fsp3) is 1.00. The van der Waals surface area contributed by atoms with E-state index in [0.29, 0.717) is 11.9 Å². The topological polar surface area (TPSA) is 105 Å². The molecule has 0 saturated carbocycles. The van der Waals surface area contributed by atoms with Crippen LogP contribution in [0.25, 0.3) is 0 Å². The average molecular weight is 325 g/mol. The van der Waals surface area contributed by atoms with Crippen LogP contribution in [0.4, 0.5) is 0 Å². The predicted octanol–water partition coefficient (Wildman–Crippen LogP) is -0.363. The van der Waals surface area contributed by atoms with E-state index < -0.39 is 17.8 Å². The van der Waals surface area contributed by atoms with E-state index in [9.17, 15) is 17.9 Å². The minimum Gasteiger partial charge on any atom is -0.322 e. The SMILES string of the molecule is CS(=O)(=O)OCCNP(=O)(O)NCCBr. The molecule has 0 amide bonds. The van der Waals surface area contributed by atoms with Crippen LogP contribution in [0.5, 0.6) is 0 Å². The van der Waals surface area contributed by atoms with E-state index in [1.807, 2.05) is 0 Å². The highest BCUT2D eigenvalue weighted by Crippen LogP contribution is 2.28. The quantitative estimate of drug-likeness (QED) is 0.242. The first-order valence-corrected chi connectivity index (χ1v) is 8.60. The molecule has 0 heterocycles. The van der Waals surface area contributed by atoms with Crippen molar-refractivity contribution >= 4 is 33.7 Å².